The molecule has 4 N–H and O–H groups in total. The van der Waals surface area contributed by atoms with E-state index in [0.29, 0.717) is 16.9 Å². The van der Waals surface area contributed by atoms with Crippen LogP contribution in [-0.2, 0) is 4.74 Å². The number of nitrogens with zero attached hydrogens (tertiary/aromatic N) is 3. The van der Waals surface area contributed by atoms with Crippen molar-refractivity contribution in [2.24, 2.45) is 10.7 Å². The van der Waals surface area contributed by atoms with Gasteiger partial charge in [0.15, 0.2) is 0 Å². The molecule has 0 saturated carbocycles. The lowest BCUT2D eigenvalue weighted by molar-refractivity contribution is -0.00250. The smallest absolute Gasteiger partial charge is 0.146 e. The molecule has 1 aromatic heterocycles. The second kappa shape index (κ2) is 4.86. The maximum atomic E-state index is 9.18. The third kappa shape index (κ3) is 2.01. The normalized spacial score (nSPS) is 28.8. The molecule has 8 heteroatoms. The molecular weight excluding hydrogens is 266 g/mol. The maximum absolute atomic E-state index is 9.18. The lowest BCUT2D eigenvalue weighted by Gasteiger charge is -2.20. The number of rotatable bonds is 2. The highest BCUT2D eigenvalue weighted by Crippen LogP contribution is 2.38. The molecule has 19 heavy (non-hydrogen) atoms. The monoisotopic (exact) mass is 279 g/mol. The van der Waals surface area contributed by atoms with Crippen molar-refractivity contribution < 1.29 is 9.84 Å². The first-order valence-electron chi connectivity index (χ1n) is 5.81. The van der Waals surface area contributed by atoms with Crippen LogP contribution >= 0.6 is 11.8 Å². The average Bonchev–Trinajstić information content (AvgIpc) is 3.02. The fourth-order valence-corrected chi connectivity index (χ4v) is 3.18. The molecule has 0 spiro atoms. The molecule has 2 aliphatic heterocycles. The average molecular weight is 279 g/mol. The minimum atomic E-state index is -0.533. The lowest BCUT2D eigenvalue weighted by atomic mass is 10.1. The molecule has 0 bridgehead atoms. The number of aliphatic hydroxyl groups excluding tert-OH is 1. The summed E-state index contributed by atoms with van der Waals surface area (Å²) in [4.78, 5) is 4.04. The number of aliphatic hydroxyl groups is 1. The van der Waals surface area contributed by atoms with Gasteiger partial charge in [-0.3, -0.25) is 4.99 Å². The topological polar surface area (TPSA) is 109 Å². The first kappa shape index (κ1) is 12.5. The number of nitrogens with one attached hydrogen (secondary N) is 1. The van der Waals surface area contributed by atoms with Gasteiger partial charge in [0.05, 0.1) is 24.1 Å². The molecule has 2 unspecified atom stereocenters. The van der Waals surface area contributed by atoms with E-state index in [9.17, 15) is 5.26 Å². The van der Waals surface area contributed by atoms with Gasteiger partial charge < -0.3 is 25.5 Å². The van der Waals surface area contributed by atoms with Crippen LogP contribution in [0, 0.1) is 11.3 Å². The van der Waals surface area contributed by atoms with Crippen molar-refractivity contribution in [1.82, 2.24) is 4.57 Å². The number of aromatic nitrogens is 1. The SMILES string of the molecule is N#Cc1cn(C2CS[C@@H](CO)O2)c2c1C(N)N=CN2. The van der Waals surface area contributed by atoms with E-state index < -0.39 is 6.17 Å². The van der Waals surface area contributed by atoms with E-state index in [1.54, 1.807) is 18.0 Å². The van der Waals surface area contributed by atoms with E-state index in [1.807, 2.05) is 4.57 Å². The number of aliphatic imine (C=N–C) groups is 1. The molecule has 0 aromatic carbocycles. The minimum absolute atomic E-state index is 0.0237. The standard InChI is InChI=1S/C11H13N5O2S/c12-1-6-2-16(7-4-19-8(3-17)18-7)11-9(6)10(13)14-5-15-11/h2,5,7-8,10,17H,3-4,13H2,(H,14,15)/t7?,8-,10?/m0/s1. The molecule has 2 aliphatic rings. The summed E-state index contributed by atoms with van der Waals surface area (Å²) < 4.78 is 7.55. The van der Waals surface area contributed by atoms with Crippen LogP contribution in [0.15, 0.2) is 11.2 Å². The van der Waals surface area contributed by atoms with E-state index in [4.69, 9.17) is 15.6 Å². The van der Waals surface area contributed by atoms with Gasteiger partial charge in [0.2, 0.25) is 0 Å². The highest BCUT2D eigenvalue weighted by molar-refractivity contribution is 8.00. The molecule has 0 radical (unpaired) electrons. The fourth-order valence-electron chi connectivity index (χ4n) is 2.25. The summed E-state index contributed by atoms with van der Waals surface area (Å²) in [5.74, 6) is 1.45. The molecule has 1 aromatic rings. The number of ether oxygens (including phenoxy) is 1. The van der Waals surface area contributed by atoms with Gasteiger partial charge in [0.1, 0.15) is 29.7 Å². The Labute approximate surface area is 114 Å². The molecule has 3 heterocycles. The molecule has 0 aliphatic carbocycles. The van der Waals surface area contributed by atoms with Crippen molar-refractivity contribution in [3.8, 4) is 6.07 Å². The highest BCUT2D eigenvalue weighted by Gasteiger charge is 2.31. The van der Waals surface area contributed by atoms with Crippen LogP contribution in [0.1, 0.15) is 23.5 Å². The van der Waals surface area contributed by atoms with E-state index in [0.717, 1.165) is 5.82 Å². The Morgan fingerprint density at radius 3 is 3.26 bits per heavy atom. The summed E-state index contributed by atoms with van der Waals surface area (Å²) in [5, 5.41) is 21.3. The molecule has 7 nitrogen and oxygen atoms in total. The van der Waals surface area contributed by atoms with Gasteiger partial charge in [0.25, 0.3) is 0 Å². The van der Waals surface area contributed by atoms with Crippen LogP contribution in [-0.4, -0.2) is 33.8 Å². The van der Waals surface area contributed by atoms with Crippen molar-refractivity contribution in [3.05, 3.63) is 17.3 Å². The number of hydrogen-bond donors (Lipinski definition) is 3. The number of nitrogens with two attached hydrogens (primary N) is 1. The molecule has 0 amide bonds. The van der Waals surface area contributed by atoms with Crippen LogP contribution in [0.5, 0.6) is 0 Å². The molecule has 1 saturated heterocycles. The Bertz CT molecular complexity index is 564. The third-order valence-corrected chi connectivity index (χ3v) is 4.23. The fraction of sp³-hybridized carbons (Fsp3) is 0.455. The number of anilines is 1. The zero-order valence-electron chi connectivity index (χ0n) is 9.98. The predicted molar refractivity (Wildman–Crippen MR) is 71.6 cm³/mol. The predicted octanol–water partition coefficient (Wildman–Crippen LogP) is 0.351. The summed E-state index contributed by atoms with van der Waals surface area (Å²) in [5.41, 5.74) is 6.86. The molecule has 100 valence electrons. The van der Waals surface area contributed by atoms with Crippen LogP contribution in [0.2, 0.25) is 0 Å². The summed E-state index contributed by atoms with van der Waals surface area (Å²) in [6.45, 7) is -0.0237. The van der Waals surface area contributed by atoms with Gasteiger partial charge in [0, 0.05) is 11.9 Å². The Morgan fingerprint density at radius 1 is 1.74 bits per heavy atom. The Hall–Kier alpha value is -1.53. The maximum Gasteiger partial charge on any atom is 0.146 e. The summed E-state index contributed by atoms with van der Waals surface area (Å²) in [6.07, 6.45) is 2.49. The largest absolute Gasteiger partial charge is 0.393 e. The first-order valence-corrected chi connectivity index (χ1v) is 6.86. The first-order chi connectivity index (χ1) is 9.24. The Kier molecular flexibility index (Phi) is 3.20. The second-order valence-corrected chi connectivity index (χ2v) is 5.42. The number of fused-ring (bicyclic) bond motifs is 1. The van der Waals surface area contributed by atoms with Crippen molar-refractivity contribution >= 4 is 23.9 Å². The summed E-state index contributed by atoms with van der Waals surface area (Å²) in [6, 6.07) is 2.13. The number of thioether (sulfide) groups is 1. The van der Waals surface area contributed by atoms with Gasteiger partial charge in [-0.2, -0.15) is 5.26 Å². The molecule has 1 fully saturated rings. The van der Waals surface area contributed by atoms with E-state index in [2.05, 4.69) is 16.4 Å². The van der Waals surface area contributed by atoms with Crippen molar-refractivity contribution in [3.63, 3.8) is 0 Å². The Morgan fingerprint density at radius 2 is 2.58 bits per heavy atom. The number of hydrogen-bond acceptors (Lipinski definition) is 7. The van der Waals surface area contributed by atoms with Gasteiger partial charge in [-0.05, 0) is 0 Å². The van der Waals surface area contributed by atoms with Gasteiger partial charge in [-0.25, -0.2) is 0 Å². The zero-order valence-corrected chi connectivity index (χ0v) is 10.8. The van der Waals surface area contributed by atoms with Crippen LogP contribution in [0.4, 0.5) is 5.82 Å². The summed E-state index contributed by atoms with van der Waals surface area (Å²) >= 11 is 1.54. The van der Waals surface area contributed by atoms with Crippen LogP contribution in [0.3, 0.4) is 0 Å². The third-order valence-electron chi connectivity index (χ3n) is 3.12. The van der Waals surface area contributed by atoms with Gasteiger partial charge in [-0.1, -0.05) is 0 Å². The number of nitriles is 1. The molecule has 3 rings (SSSR count). The van der Waals surface area contributed by atoms with Crippen molar-refractivity contribution in [2.45, 2.75) is 17.8 Å². The summed E-state index contributed by atoms with van der Waals surface area (Å²) in [7, 11) is 0. The van der Waals surface area contributed by atoms with Crippen LogP contribution < -0.4 is 11.1 Å². The molecular formula is C11H13N5O2S. The lowest BCUT2D eigenvalue weighted by Crippen LogP contribution is -2.21. The van der Waals surface area contributed by atoms with Crippen molar-refractivity contribution in [1.29, 1.82) is 5.26 Å². The van der Waals surface area contributed by atoms with E-state index >= 15 is 0 Å². The Balaban J connectivity index is 1.98. The van der Waals surface area contributed by atoms with Crippen molar-refractivity contribution in [2.75, 3.05) is 17.7 Å². The zero-order chi connectivity index (χ0) is 13.4. The quantitative estimate of drug-likeness (QED) is 0.721. The van der Waals surface area contributed by atoms with Crippen LogP contribution in [0.25, 0.3) is 0 Å². The van der Waals surface area contributed by atoms with E-state index in [-0.39, 0.29) is 18.3 Å². The molecule has 3 atom stereocenters. The highest BCUT2D eigenvalue weighted by atomic mass is 32.2. The van der Waals surface area contributed by atoms with Gasteiger partial charge in [-0.15, -0.1) is 11.8 Å². The van der Waals surface area contributed by atoms with Gasteiger partial charge >= 0.3 is 0 Å². The minimum Gasteiger partial charge on any atom is -0.393 e. The van der Waals surface area contributed by atoms with E-state index in [1.165, 1.54) is 6.34 Å². The second-order valence-electron chi connectivity index (χ2n) is 4.23.